The third-order valence-electron chi connectivity index (χ3n) is 5.80. The van der Waals surface area contributed by atoms with Crippen molar-refractivity contribution in [1.82, 2.24) is 4.57 Å². The van der Waals surface area contributed by atoms with Crippen molar-refractivity contribution in [2.75, 3.05) is 0 Å². The quantitative estimate of drug-likeness (QED) is 0.0996. The smallest absolute Gasteiger partial charge is 0.130 e. The van der Waals surface area contributed by atoms with Crippen LogP contribution in [0.25, 0.3) is 10.9 Å². The number of aryl methyl sites for hydroxylation is 1. The highest BCUT2D eigenvalue weighted by atomic mass is 16.6. The number of nitrogens with zero attached hydrogens (tertiary/aromatic N) is 2. The lowest BCUT2D eigenvalue weighted by Crippen LogP contribution is -2.03. The molecule has 1 heterocycles. The maximum Gasteiger partial charge on any atom is 0.130 e. The van der Waals surface area contributed by atoms with Crippen molar-refractivity contribution in [3.63, 3.8) is 0 Å². The van der Waals surface area contributed by atoms with E-state index in [1.807, 2.05) is 6.92 Å². The van der Waals surface area contributed by atoms with Crippen LogP contribution in [-0.2, 0) is 11.4 Å². The van der Waals surface area contributed by atoms with Gasteiger partial charge >= 0.3 is 0 Å². The maximum atomic E-state index is 6.28. The third-order valence-corrected chi connectivity index (χ3v) is 5.80. The second-order valence-corrected chi connectivity index (χ2v) is 8.98. The Kier molecular flexibility index (Phi) is 13.9. The molecular formula is C28H46N4O. The molecule has 0 saturated carbocycles. The van der Waals surface area contributed by atoms with Crippen molar-refractivity contribution in [2.45, 2.75) is 99.0 Å². The van der Waals surface area contributed by atoms with Gasteiger partial charge in [0.25, 0.3) is 0 Å². The van der Waals surface area contributed by atoms with Gasteiger partial charge in [-0.15, -0.1) is 0 Å². The van der Waals surface area contributed by atoms with Crippen molar-refractivity contribution in [2.24, 2.45) is 16.8 Å². The molecule has 0 aliphatic heterocycles. The molecule has 2 rings (SSSR count). The van der Waals surface area contributed by atoms with Gasteiger partial charge in [0.2, 0.25) is 0 Å². The largest absolute Gasteiger partial charge is 0.388 e. The van der Waals surface area contributed by atoms with Crippen LogP contribution in [0.5, 0.6) is 0 Å². The van der Waals surface area contributed by atoms with Gasteiger partial charge in [0, 0.05) is 35.1 Å². The van der Waals surface area contributed by atoms with Gasteiger partial charge < -0.3 is 15.1 Å². The molecule has 0 aliphatic carbocycles. The van der Waals surface area contributed by atoms with Gasteiger partial charge in [-0.1, -0.05) is 89.6 Å². The average molecular weight is 455 g/mol. The van der Waals surface area contributed by atoms with Crippen LogP contribution in [0.15, 0.2) is 48.0 Å². The number of aromatic nitrogens is 1. The van der Waals surface area contributed by atoms with E-state index in [4.69, 9.17) is 16.0 Å². The first kappa shape index (κ1) is 28.5. The van der Waals surface area contributed by atoms with Gasteiger partial charge in [0.15, 0.2) is 0 Å². The Balaban J connectivity index is 0.00000125. The van der Waals surface area contributed by atoms with Crippen molar-refractivity contribution < 1.29 is 4.84 Å². The second-order valence-electron chi connectivity index (χ2n) is 8.98. The monoisotopic (exact) mass is 454 g/mol. The van der Waals surface area contributed by atoms with Crippen LogP contribution in [-0.4, -0.2) is 16.1 Å². The highest BCUT2D eigenvalue weighted by Gasteiger charge is 2.11. The fourth-order valence-electron chi connectivity index (χ4n) is 3.73. The van der Waals surface area contributed by atoms with Crippen LogP contribution >= 0.6 is 0 Å². The normalized spacial score (nSPS) is 12.2. The van der Waals surface area contributed by atoms with Crippen LogP contribution in [0, 0.1) is 11.3 Å². The van der Waals surface area contributed by atoms with E-state index in [1.165, 1.54) is 69.2 Å². The molecule has 0 aliphatic rings. The molecule has 184 valence electrons. The van der Waals surface area contributed by atoms with Crippen LogP contribution < -0.4 is 5.73 Å². The summed E-state index contributed by atoms with van der Waals surface area (Å²) >= 11 is 0. The van der Waals surface area contributed by atoms with Crippen molar-refractivity contribution in [3.05, 3.63) is 48.4 Å². The standard InChI is InChI=1S/C26H40N2O.C2H6N2/c1-6-8-10-11-12-13-19-28-20-18-25-24(16-14-17-26(25)28)22(4)27-29-23(5)21(3)15-9-7-2;1-2(3)4/h14,16-18,20-21H,5-13,15,19H2,1-4H3;1H3,(H3,3,4)/b27-22+;/t21-;/m0./s1. The van der Waals surface area contributed by atoms with Gasteiger partial charge in [-0.25, -0.2) is 0 Å². The number of nitrogens with two attached hydrogens (primary N) is 1. The molecule has 5 heteroatoms. The van der Waals surface area contributed by atoms with Gasteiger partial charge in [0.1, 0.15) is 5.76 Å². The minimum absolute atomic E-state index is 0.167. The Morgan fingerprint density at radius 2 is 1.70 bits per heavy atom. The fraction of sp³-hybridized carbons (Fsp3) is 0.571. The van der Waals surface area contributed by atoms with Crippen LogP contribution in [0.3, 0.4) is 0 Å². The zero-order valence-electron chi connectivity index (χ0n) is 21.6. The highest BCUT2D eigenvalue weighted by Crippen LogP contribution is 2.23. The fourth-order valence-corrected chi connectivity index (χ4v) is 3.73. The minimum Gasteiger partial charge on any atom is -0.388 e. The zero-order chi connectivity index (χ0) is 24.6. The summed E-state index contributed by atoms with van der Waals surface area (Å²) in [6, 6.07) is 8.66. The van der Waals surface area contributed by atoms with Crippen LogP contribution in [0.2, 0.25) is 0 Å². The maximum absolute atomic E-state index is 6.28. The number of benzene rings is 1. The zero-order valence-corrected chi connectivity index (χ0v) is 21.6. The van der Waals surface area contributed by atoms with E-state index in [-0.39, 0.29) is 5.84 Å². The van der Waals surface area contributed by atoms with Crippen LogP contribution in [0.1, 0.15) is 98.0 Å². The molecule has 33 heavy (non-hydrogen) atoms. The number of oxime groups is 1. The lowest BCUT2D eigenvalue weighted by Gasteiger charge is -2.12. The molecule has 1 aromatic heterocycles. The molecule has 0 radical (unpaired) electrons. The van der Waals surface area contributed by atoms with E-state index in [0.29, 0.717) is 5.92 Å². The van der Waals surface area contributed by atoms with E-state index in [0.717, 1.165) is 30.0 Å². The van der Waals surface area contributed by atoms with E-state index in [1.54, 1.807) is 0 Å². The van der Waals surface area contributed by atoms with Crippen molar-refractivity contribution in [1.29, 1.82) is 5.41 Å². The summed E-state index contributed by atoms with van der Waals surface area (Å²) < 4.78 is 2.37. The number of hydrogen-bond acceptors (Lipinski definition) is 3. The predicted molar refractivity (Wildman–Crippen MR) is 144 cm³/mol. The van der Waals surface area contributed by atoms with E-state index >= 15 is 0 Å². The summed E-state index contributed by atoms with van der Waals surface area (Å²) in [6.45, 7) is 15.3. The molecule has 0 fully saturated rings. The molecule has 0 unspecified atom stereocenters. The molecule has 5 nitrogen and oxygen atoms in total. The topological polar surface area (TPSA) is 76.4 Å². The number of rotatable bonds is 14. The summed E-state index contributed by atoms with van der Waals surface area (Å²) in [7, 11) is 0. The van der Waals surface area contributed by atoms with Gasteiger partial charge in [0.05, 0.1) is 11.5 Å². The van der Waals surface area contributed by atoms with Crippen molar-refractivity contribution in [3.8, 4) is 0 Å². The van der Waals surface area contributed by atoms with Gasteiger partial charge in [-0.3, -0.25) is 5.41 Å². The molecule has 0 bridgehead atoms. The molecule has 0 amide bonds. The lowest BCUT2D eigenvalue weighted by molar-refractivity contribution is 0.190. The van der Waals surface area contributed by atoms with Gasteiger partial charge in [-0.05, 0) is 38.8 Å². The molecule has 1 aromatic carbocycles. The van der Waals surface area contributed by atoms with Crippen molar-refractivity contribution >= 4 is 22.5 Å². The number of unbranched alkanes of at least 4 members (excludes halogenated alkanes) is 6. The number of hydrogen-bond donors (Lipinski definition) is 2. The first-order chi connectivity index (χ1) is 15.8. The van der Waals surface area contributed by atoms with E-state index in [9.17, 15) is 0 Å². The summed E-state index contributed by atoms with van der Waals surface area (Å²) in [5.74, 6) is 1.26. The number of nitrogens with one attached hydrogen (secondary N) is 1. The molecule has 2 aromatic rings. The Bertz CT molecular complexity index is 877. The Morgan fingerprint density at radius 1 is 1.06 bits per heavy atom. The summed E-state index contributed by atoms with van der Waals surface area (Å²) in [5, 5.41) is 11.9. The lowest BCUT2D eigenvalue weighted by atomic mass is 10.0. The first-order valence-corrected chi connectivity index (χ1v) is 12.6. The highest BCUT2D eigenvalue weighted by molar-refractivity contribution is 6.09. The Morgan fingerprint density at radius 3 is 2.36 bits per heavy atom. The van der Waals surface area contributed by atoms with E-state index in [2.05, 4.69) is 67.5 Å². The first-order valence-electron chi connectivity index (χ1n) is 12.6. The van der Waals surface area contributed by atoms with Gasteiger partial charge in [-0.2, -0.15) is 0 Å². The van der Waals surface area contributed by atoms with E-state index < -0.39 is 0 Å². The summed E-state index contributed by atoms with van der Waals surface area (Å²) in [6.07, 6.45) is 13.6. The summed E-state index contributed by atoms with van der Waals surface area (Å²) in [4.78, 5) is 5.67. The third kappa shape index (κ3) is 10.7. The molecular weight excluding hydrogens is 408 g/mol. The summed E-state index contributed by atoms with van der Waals surface area (Å²) in [5.41, 5.74) is 8.01. The Labute approximate surface area is 201 Å². The predicted octanol–water partition coefficient (Wildman–Crippen LogP) is 8.02. The average Bonchev–Trinajstić information content (AvgIpc) is 3.20. The Hall–Kier alpha value is -2.56. The molecule has 3 N–H and O–H groups in total. The SMILES string of the molecule is C=C(O/N=C(\C)c1cccc2c1ccn2CCCCCCCC)[C@@H](C)CCCC.CC(=N)N. The molecule has 0 saturated heterocycles. The number of amidine groups is 1. The van der Waals surface area contributed by atoms with Crippen LogP contribution in [0.4, 0.5) is 0 Å². The molecule has 1 atom stereocenters. The second kappa shape index (κ2) is 16.1. The minimum atomic E-state index is 0.167. The molecule has 0 spiro atoms. The number of fused-ring (bicyclic) bond motifs is 1. The number of allylic oxidation sites excluding steroid dienone is 1.